The Morgan fingerprint density at radius 2 is 1.62 bits per heavy atom. The summed E-state index contributed by atoms with van der Waals surface area (Å²) in [6.45, 7) is -0.511. The van der Waals surface area contributed by atoms with Crippen LogP contribution in [0.15, 0.2) is 53.4 Å². The van der Waals surface area contributed by atoms with Gasteiger partial charge in [0.15, 0.2) is 0 Å². The summed E-state index contributed by atoms with van der Waals surface area (Å²) in [5.41, 5.74) is 0.255. The molecule has 0 aliphatic heterocycles. The minimum atomic E-state index is -4.07. The molecule has 0 N–H and O–H groups in total. The molecule has 0 spiro atoms. The number of hydrogen-bond acceptors (Lipinski definition) is 5. The lowest BCUT2D eigenvalue weighted by atomic mass is 10.3. The van der Waals surface area contributed by atoms with Gasteiger partial charge in [0.2, 0.25) is 0 Å². The fraction of sp³-hybridized carbons (Fsp3) is 0.188. The summed E-state index contributed by atoms with van der Waals surface area (Å²) in [6, 6.07) is 10.5. The predicted octanol–water partition coefficient (Wildman–Crippen LogP) is 2.20. The minimum absolute atomic E-state index is 0.136. The van der Waals surface area contributed by atoms with Crippen LogP contribution in [-0.4, -0.2) is 35.2 Å². The lowest BCUT2D eigenvalue weighted by Crippen LogP contribution is -2.36. The van der Waals surface area contributed by atoms with E-state index in [1.807, 2.05) is 0 Å². The highest BCUT2D eigenvalue weighted by Gasteiger charge is 2.27. The van der Waals surface area contributed by atoms with Crippen molar-refractivity contribution in [3.8, 4) is 5.75 Å². The zero-order valence-electron chi connectivity index (χ0n) is 13.1. The molecule has 2 aromatic carbocycles. The molecule has 24 heavy (non-hydrogen) atoms. The van der Waals surface area contributed by atoms with E-state index in [4.69, 9.17) is 4.74 Å². The maximum Gasteiger partial charge on any atom is 0.326 e. The zero-order chi connectivity index (χ0) is 17.7. The fourth-order valence-electron chi connectivity index (χ4n) is 1.98. The maximum atomic E-state index is 13.1. The third kappa shape index (κ3) is 3.83. The van der Waals surface area contributed by atoms with Crippen molar-refractivity contribution in [2.75, 3.05) is 25.1 Å². The molecule has 0 radical (unpaired) electrons. The monoisotopic (exact) mass is 353 g/mol. The van der Waals surface area contributed by atoms with Crippen LogP contribution in [0.4, 0.5) is 10.1 Å². The molecule has 2 aromatic rings. The predicted molar refractivity (Wildman–Crippen MR) is 85.9 cm³/mol. The number of rotatable bonds is 6. The van der Waals surface area contributed by atoms with E-state index in [0.717, 1.165) is 28.6 Å². The molecule has 128 valence electrons. The molecule has 8 heteroatoms. The number of carbonyl (C=O) groups excluding carboxylic acids is 1. The van der Waals surface area contributed by atoms with Gasteiger partial charge in [-0.25, -0.2) is 12.8 Å². The molecule has 0 saturated carbocycles. The number of benzene rings is 2. The van der Waals surface area contributed by atoms with Crippen molar-refractivity contribution in [1.29, 1.82) is 0 Å². The largest absolute Gasteiger partial charge is 0.497 e. The number of sulfonamides is 1. The maximum absolute atomic E-state index is 13.1. The first kappa shape index (κ1) is 17.7. The number of carbonyl (C=O) groups is 1. The second-order valence-corrected chi connectivity index (χ2v) is 6.60. The SMILES string of the molecule is COC(=O)CN(c1ccc(OC)cc1)S(=O)(=O)c1ccc(F)cc1. The quantitative estimate of drug-likeness (QED) is 0.745. The molecule has 0 saturated heterocycles. The lowest BCUT2D eigenvalue weighted by molar-refractivity contribution is -0.138. The summed E-state index contributed by atoms with van der Waals surface area (Å²) in [4.78, 5) is 11.5. The van der Waals surface area contributed by atoms with E-state index >= 15 is 0 Å². The van der Waals surface area contributed by atoms with Gasteiger partial charge in [0.05, 0.1) is 24.8 Å². The first-order valence-electron chi connectivity index (χ1n) is 6.87. The molecule has 2 rings (SSSR count). The number of esters is 1. The summed E-state index contributed by atoms with van der Waals surface area (Å²) >= 11 is 0. The Labute approximate surface area is 139 Å². The Balaban J connectivity index is 2.47. The molecule has 0 amide bonds. The van der Waals surface area contributed by atoms with Crippen LogP contribution in [-0.2, 0) is 19.6 Å². The number of anilines is 1. The van der Waals surface area contributed by atoms with Crippen LogP contribution in [0.25, 0.3) is 0 Å². The smallest absolute Gasteiger partial charge is 0.326 e. The Morgan fingerprint density at radius 3 is 2.12 bits per heavy atom. The van der Waals surface area contributed by atoms with Crippen molar-refractivity contribution < 1.29 is 27.1 Å². The van der Waals surface area contributed by atoms with Crippen molar-refractivity contribution in [2.45, 2.75) is 4.90 Å². The summed E-state index contributed by atoms with van der Waals surface area (Å²) in [7, 11) is -1.42. The van der Waals surface area contributed by atoms with Gasteiger partial charge in [0.25, 0.3) is 10.0 Å². The highest BCUT2D eigenvalue weighted by atomic mass is 32.2. The van der Waals surface area contributed by atoms with Gasteiger partial charge in [-0.1, -0.05) is 0 Å². The van der Waals surface area contributed by atoms with Crippen molar-refractivity contribution >= 4 is 21.7 Å². The molecule has 6 nitrogen and oxygen atoms in total. The molecule has 0 aliphatic rings. The van der Waals surface area contributed by atoms with E-state index in [1.165, 1.54) is 26.4 Å². The topological polar surface area (TPSA) is 72.9 Å². The second-order valence-electron chi connectivity index (χ2n) is 4.74. The number of nitrogens with zero attached hydrogens (tertiary/aromatic N) is 1. The van der Waals surface area contributed by atoms with Gasteiger partial charge in [-0.15, -0.1) is 0 Å². The Morgan fingerprint density at radius 1 is 1.04 bits per heavy atom. The van der Waals surface area contributed by atoms with Crippen LogP contribution in [0.5, 0.6) is 5.75 Å². The fourth-order valence-corrected chi connectivity index (χ4v) is 3.39. The minimum Gasteiger partial charge on any atom is -0.497 e. The van der Waals surface area contributed by atoms with Gasteiger partial charge in [-0.2, -0.15) is 0 Å². The van der Waals surface area contributed by atoms with Crippen LogP contribution in [0.2, 0.25) is 0 Å². The summed E-state index contributed by atoms with van der Waals surface area (Å²) in [5, 5.41) is 0. The summed E-state index contributed by atoms with van der Waals surface area (Å²) < 4.78 is 49.2. The highest BCUT2D eigenvalue weighted by Crippen LogP contribution is 2.26. The van der Waals surface area contributed by atoms with E-state index in [-0.39, 0.29) is 10.6 Å². The van der Waals surface area contributed by atoms with E-state index in [2.05, 4.69) is 4.74 Å². The van der Waals surface area contributed by atoms with E-state index in [0.29, 0.717) is 5.75 Å². The van der Waals surface area contributed by atoms with Crippen molar-refractivity contribution in [1.82, 2.24) is 0 Å². The first-order chi connectivity index (χ1) is 11.4. The van der Waals surface area contributed by atoms with Gasteiger partial charge >= 0.3 is 5.97 Å². The Hall–Kier alpha value is -2.61. The number of hydrogen-bond donors (Lipinski definition) is 0. The van der Waals surface area contributed by atoms with Gasteiger partial charge < -0.3 is 9.47 Å². The zero-order valence-corrected chi connectivity index (χ0v) is 13.9. The molecular formula is C16H16FNO5S. The van der Waals surface area contributed by atoms with Crippen LogP contribution < -0.4 is 9.04 Å². The van der Waals surface area contributed by atoms with E-state index in [1.54, 1.807) is 12.1 Å². The Bertz CT molecular complexity index is 803. The van der Waals surface area contributed by atoms with Crippen LogP contribution in [0.1, 0.15) is 0 Å². The molecular weight excluding hydrogens is 337 g/mol. The third-order valence-corrected chi connectivity index (χ3v) is 5.05. The van der Waals surface area contributed by atoms with Crippen molar-refractivity contribution in [3.05, 3.63) is 54.3 Å². The molecule has 0 bridgehead atoms. The summed E-state index contributed by atoms with van der Waals surface area (Å²) in [6.07, 6.45) is 0. The molecule has 0 fully saturated rings. The van der Waals surface area contributed by atoms with Crippen LogP contribution in [0.3, 0.4) is 0 Å². The van der Waals surface area contributed by atoms with Gasteiger partial charge in [0, 0.05) is 0 Å². The van der Waals surface area contributed by atoms with Crippen LogP contribution in [0, 0.1) is 5.82 Å². The molecule has 0 heterocycles. The lowest BCUT2D eigenvalue weighted by Gasteiger charge is -2.23. The average molecular weight is 353 g/mol. The molecule has 0 aliphatic carbocycles. The van der Waals surface area contributed by atoms with E-state index < -0.39 is 28.4 Å². The number of methoxy groups -OCH3 is 2. The number of ether oxygens (including phenoxy) is 2. The molecule has 0 aromatic heterocycles. The molecule has 0 unspecified atom stereocenters. The highest BCUT2D eigenvalue weighted by molar-refractivity contribution is 7.92. The average Bonchev–Trinajstić information content (AvgIpc) is 2.59. The number of halogens is 1. The van der Waals surface area contributed by atoms with Crippen LogP contribution >= 0.6 is 0 Å². The van der Waals surface area contributed by atoms with Crippen molar-refractivity contribution in [2.24, 2.45) is 0 Å². The Kier molecular flexibility index (Phi) is 5.40. The molecule has 0 atom stereocenters. The normalized spacial score (nSPS) is 11.0. The second kappa shape index (κ2) is 7.31. The van der Waals surface area contributed by atoms with Gasteiger partial charge in [0.1, 0.15) is 18.1 Å². The first-order valence-corrected chi connectivity index (χ1v) is 8.31. The van der Waals surface area contributed by atoms with Crippen molar-refractivity contribution in [3.63, 3.8) is 0 Å². The van der Waals surface area contributed by atoms with Gasteiger partial charge in [-0.3, -0.25) is 9.10 Å². The van der Waals surface area contributed by atoms with Gasteiger partial charge in [-0.05, 0) is 48.5 Å². The third-order valence-electron chi connectivity index (χ3n) is 3.26. The summed E-state index contributed by atoms with van der Waals surface area (Å²) in [5.74, 6) is -0.745. The standard InChI is InChI=1S/C16H16FNO5S/c1-22-14-7-5-13(6-8-14)18(11-16(19)23-2)24(20,21)15-9-3-12(17)4-10-15/h3-10H,11H2,1-2H3. The van der Waals surface area contributed by atoms with E-state index in [9.17, 15) is 17.6 Å².